The van der Waals surface area contributed by atoms with E-state index in [0.29, 0.717) is 6.61 Å². The summed E-state index contributed by atoms with van der Waals surface area (Å²) >= 11 is 0. The summed E-state index contributed by atoms with van der Waals surface area (Å²) in [6, 6.07) is 21.8. The highest BCUT2D eigenvalue weighted by molar-refractivity contribution is 6.99. The zero-order valence-corrected chi connectivity index (χ0v) is 24.8. The van der Waals surface area contributed by atoms with Crippen molar-refractivity contribution in [3.05, 3.63) is 72.8 Å². The van der Waals surface area contributed by atoms with Crippen molar-refractivity contribution in [1.29, 1.82) is 0 Å². The van der Waals surface area contributed by atoms with Gasteiger partial charge >= 0.3 is 0 Å². The van der Waals surface area contributed by atoms with Crippen LogP contribution in [0, 0.1) is 11.8 Å². The van der Waals surface area contributed by atoms with Crippen LogP contribution in [0.3, 0.4) is 0 Å². The molecular formula is C34H50O2Si. The molecule has 0 aliphatic heterocycles. The lowest BCUT2D eigenvalue weighted by atomic mass is 10.1. The predicted molar refractivity (Wildman–Crippen MR) is 163 cm³/mol. The lowest BCUT2D eigenvalue weighted by Gasteiger charge is -2.44. The number of allylic oxidation sites excluding steroid dienone is 2. The van der Waals surface area contributed by atoms with Gasteiger partial charge in [-0.15, -0.1) is 11.8 Å². The fourth-order valence-corrected chi connectivity index (χ4v) is 9.72. The molecule has 0 aromatic heterocycles. The van der Waals surface area contributed by atoms with E-state index in [1.807, 2.05) is 0 Å². The molecule has 0 unspecified atom stereocenters. The molecule has 1 N–H and O–H groups in total. The molecule has 202 valence electrons. The molecule has 1 atom stereocenters. The summed E-state index contributed by atoms with van der Waals surface area (Å²) in [5.41, 5.74) is 0. The van der Waals surface area contributed by atoms with E-state index in [4.69, 9.17) is 9.53 Å². The third-order valence-corrected chi connectivity index (χ3v) is 12.1. The Morgan fingerprint density at radius 1 is 0.757 bits per heavy atom. The smallest absolute Gasteiger partial charge is 0.261 e. The zero-order valence-electron chi connectivity index (χ0n) is 23.8. The highest BCUT2D eigenvalue weighted by atomic mass is 28.4. The molecule has 3 heteroatoms. The number of aliphatic hydroxyl groups is 1. The minimum absolute atomic E-state index is 0.0139. The van der Waals surface area contributed by atoms with Gasteiger partial charge in [-0.05, 0) is 67.3 Å². The highest BCUT2D eigenvalue weighted by Gasteiger charge is 2.50. The van der Waals surface area contributed by atoms with Gasteiger partial charge in [0, 0.05) is 25.6 Å². The lowest BCUT2D eigenvalue weighted by molar-refractivity contribution is 0.194. The van der Waals surface area contributed by atoms with Gasteiger partial charge in [0.15, 0.2) is 0 Å². The molecule has 0 saturated heterocycles. The summed E-state index contributed by atoms with van der Waals surface area (Å²) in [6.45, 7) is 9.56. The van der Waals surface area contributed by atoms with Crippen molar-refractivity contribution in [3.8, 4) is 11.8 Å². The first-order valence-electron chi connectivity index (χ1n) is 14.4. The molecule has 0 aliphatic rings. The van der Waals surface area contributed by atoms with E-state index < -0.39 is 8.32 Å². The zero-order chi connectivity index (χ0) is 26.8. The highest BCUT2D eigenvalue weighted by Crippen LogP contribution is 2.37. The Balaban J connectivity index is 1.80. The first kappa shape index (κ1) is 31.1. The summed E-state index contributed by atoms with van der Waals surface area (Å²) in [5, 5.41) is 11.5. The molecule has 0 radical (unpaired) electrons. The molecular weight excluding hydrogens is 468 g/mol. The minimum Gasteiger partial charge on any atom is -0.405 e. The van der Waals surface area contributed by atoms with Crippen LogP contribution < -0.4 is 10.4 Å². The first-order valence-corrected chi connectivity index (χ1v) is 16.3. The van der Waals surface area contributed by atoms with Gasteiger partial charge in [0.1, 0.15) is 0 Å². The SMILES string of the molecule is C[C@@H](CCCC#CCCCCCCC=CCCCO)O[Si](c1ccccc1)(c1ccccc1)C(C)(C)C. The Morgan fingerprint density at radius 3 is 1.81 bits per heavy atom. The molecule has 2 aromatic rings. The van der Waals surface area contributed by atoms with Gasteiger partial charge in [-0.1, -0.05) is 106 Å². The molecule has 0 heterocycles. The second kappa shape index (κ2) is 17.4. The van der Waals surface area contributed by atoms with Gasteiger partial charge < -0.3 is 9.53 Å². The van der Waals surface area contributed by atoms with Crippen LogP contribution in [0.2, 0.25) is 5.04 Å². The van der Waals surface area contributed by atoms with Crippen LogP contribution in [0.25, 0.3) is 0 Å². The molecule has 0 fully saturated rings. The van der Waals surface area contributed by atoms with E-state index in [-0.39, 0.29) is 11.1 Å². The molecule has 2 aromatic carbocycles. The quantitative estimate of drug-likeness (QED) is 0.106. The Bertz CT molecular complexity index is 895. The van der Waals surface area contributed by atoms with Crippen molar-refractivity contribution in [2.24, 2.45) is 0 Å². The van der Waals surface area contributed by atoms with Crippen molar-refractivity contribution in [2.45, 2.75) is 109 Å². The van der Waals surface area contributed by atoms with Gasteiger partial charge in [-0.2, -0.15) is 0 Å². The Labute approximate surface area is 228 Å². The van der Waals surface area contributed by atoms with Crippen molar-refractivity contribution < 1.29 is 9.53 Å². The van der Waals surface area contributed by atoms with Gasteiger partial charge in [0.05, 0.1) is 0 Å². The number of hydrogen-bond acceptors (Lipinski definition) is 2. The van der Waals surface area contributed by atoms with Gasteiger partial charge in [0.25, 0.3) is 8.32 Å². The molecule has 0 spiro atoms. The summed E-state index contributed by atoms with van der Waals surface area (Å²) < 4.78 is 7.17. The summed E-state index contributed by atoms with van der Waals surface area (Å²) in [5.74, 6) is 6.79. The number of benzene rings is 2. The molecule has 0 amide bonds. The number of rotatable bonds is 16. The number of hydrogen-bond donors (Lipinski definition) is 1. The maximum Gasteiger partial charge on any atom is 0.261 e. The number of aliphatic hydroxyl groups excluding tert-OH is 1. The van der Waals surface area contributed by atoms with Crippen LogP contribution in [-0.4, -0.2) is 26.1 Å². The minimum atomic E-state index is -2.47. The topological polar surface area (TPSA) is 29.5 Å². The first-order chi connectivity index (χ1) is 17.9. The van der Waals surface area contributed by atoms with Crippen LogP contribution in [0.1, 0.15) is 98.3 Å². The Kier molecular flexibility index (Phi) is 14.6. The predicted octanol–water partition coefficient (Wildman–Crippen LogP) is 7.79. The molecule has 2 nitrogen and oxygen atoms in total. The van der Waals surface area contributed by atoms with Crippen LogP contribution in [-0.2, 0) is 4.43 Å². The Morgan fingerprint density at radius 2 is 1.27 bits per heavy atom. The van der Waals surface area contributed by atoms with Crippen molar-refractivity contribution >= 4 is 18.7 Å². The van der Waals surface area contributed by atoms with Gasteiger partial charge in [-0.25, -0.2) is 0 Å². The van der Waals surface area contributed by atoms with Crippen molar-refractivity contribution in [2.75, 3.05) is 6.61 Å². The summed E-state index contributed by atoms with van der Waals surface area (Å²) in [6.07, 6.45) is 16.8. The van der Waals surface area contributed by atoms with Crippen molar-refractivity contribution in [3.63, 3.8) is 0 Å². The van der Waals surface area contributed by atoms with Crippen LogP contribution in [0.15, 0.2) is 72.8 Å². The van der Waals surface area contributed by atoms with E-state index in [9.17, 15) is 0 Å². The standard InChI is InChI=1S/C34H50O2Si/c1-31(25-19-15-13-11-9-7-5-6-8-10-12-14-16-24-30-35)36-37(34(2,3)4,32-26-20-17-21-27-32)33-28-22-18-23-29-33/h12,14,17-18,20-23,26-29,31,35H,5-10,15-16,19,24-25,30H2,1-4H3/t31-/m0/s1. The van der Waals surface area contributed by atoms with Crippen LogP contribution >= 0.6 is 0 Å². The maximum absolute atomic E-state index is 8.78. The molecule has 0 bridgehead atoms. The largest absolute Gasteiger partial charge is 0.405 e. The monoisotopic (exact) mass is 518 g/mol. The lowest BCUT2D eigenvalue weighted by Crippen LogP contribution is -2.67. The van der Waals surface area contributed by atoms with E-state index in [0.717, 1.165) is 44.9 Å². The van der Waals surface area contributed by atoms with Crippen molar-refractivity contribution in [1.82, 2.24) is 0 Å². The maximum atomic E-state index is 8.78. The van der Waals surface area contributed by atoms with Gasteiger partial charge in [-0.3, -0.25) is 0 Å². The normalized spacial score (nSPS) is 12.9. The second-order valence-electron chi connectivity index (χ2n) is 11.1. The number of unbranched alkanes of at least 4 members (excludes halogenated alkanes) is 7. The molecule has 0 aliphatic carbocycles. The van der Waals surface area contributed by atoms with Gasteiger partial charge in [0.2, 0.25) is 0 Å². The van der Waals surface area contributed by atoms with E-state index in [2.05, 4.69) is 112 Å². The second-order valence-corrected chi connectivity index (χ2v) is 15.4. The van der Waals surface area contributed by atoms with E-state index in [1.165, 1.54) is 36.1 Å². The van der Waals surface area contributed by atoms with Crippen LogP contribution in [0.5, 0.6) is 0 Å². The Hall–Kier alpha value is -2.12. The van der Waals surface area contributed by atoms with E-state index >= 15 is 0 Å². The summed E-state index contributed by atoms with van der Waals surface area (Å²) in [4.78, 5) is 0. The van der Waals surface area contributed by atoms with E-state index in [1.54, 1.807) is 0 Å². The van der Waals surface area contributed by atoms with Crippen LogP contribution in [0.4, 0.5) is 0 Å². The average Bonchev–Trinajstić information content (AvgIpc) is 2.90. The fraction of sp³-hybridized carbons (Fsp3) is 0.529. The molecule has 0 saturated carbocycles. The summed E-state index contributed by atoms with van der Waals surface area (Å²) in [7, 11) is -2.47. The fourth-order valence-electron chi connectivity index (χ4n) is 4.98. The third kappa shape index (κ3) is 10.6. The molecule has 37 heavy (non-hydrogen) atoms. The average molecular weight is 519 g/mol. The third-order valence-electron chi connectivity index (χ3n) is 6.95. The molecule has 2 rings (SSSR count).